The molecule has 1 saturated carbocycles. The van der Waals surface area contributed by atoms with E-state index in [1.54, 1.807) is 4.90 Å². The van der Waals surface area contributed by atoms with Crippen LogP contribution in [-0.4, -0.2) is 53.1 Å². The Balaban J connectivity index is 1.27. The molecule has 1 aliphatic carbocycles. The predicted molar refractivity (Wildman–Crippen MR) is 157 cm³/mol. The molecule has 0 atom stereocenters. The molecule has 9 nitrogen and oxygen atoms in total. The van der Waals surface area contributed by atoms with Crippen LogP contribution in [0.1, 0.15) is 71.4 Å². The van der Waals surface area contributed by atoms with E-state index < -0.39 is 11.7 Å². The molecular weight excluding hydrogens is 520 g/mol. The third-order valence-corrected chi connectivity index (χ3v) is 7.61. The maximum Gasteiger partial charge on any atom is 0.411 e. The van der Waals surface area contributed by atoms with Gasteiger partial charge in [-0.2, -0.15) is 5.26 Å². The minimum Gasteiger partial charge on any atom is -0.494 e. The molecule has 9 heteroatoms. The fraction of sp³-hybridized carbons (Fsp3) is 0.469. The minimum atomic E-state index is -0.545. The Morgan fingerprint density at radius 3 is 2.34 bits per heavy atom. The van der Waals surface area contributed by atoms with Crippen molar-refractivity contribution in [3.8, 4) is 23.1 Å². The fourth-order valence-corrected chi connectivity index (χ4v) is 5.46. The number of amides is 2. The number of piperidine rings is 1. The molecule has 2 heterocycles. The van der Waals surface area contributed by atoms with Crippen LogP contribution < -0.4 is 10.1 Å². The van der Waals surface area contributed by atoms with Gasteiger partial charge in [-0.3, -0.25) is 5.32 Å². The number of nitrogens with zero attached hydrogens (tertiary/aromatic N) is 3. The second-order valence-electron chi connectivity index (χ2n) is 11.7. The van der Waals surface area contributed by atoms with Crippen molar-refractivity contribution in [2.75, 3.05) is 25.0 Å². The number of carbonyl (C=O) groups excluding carboxylic acids is 2. The molecule has 216 valence electrons. The summed E-state index contributed by atoms with van der Waals surface area (Å²) in [7, 11) is 0. The van der Waals surface area contributed by atoms with Crippen LogP contribution in [0.2, 0.25) is 0 Å². The highest BCUT2D eigenvalue weighted by Gasteiger charge is 2.30. The normalized spacial score (nSPS) is 16.1. The maximum absolute atomic E-state index is 12.6. The summed E-state index contributed by atoms with van der Waals surface area (Å²) in [6, 6.07) is 16.2. The number of hydrogen-bond donors (Lipinski definition) is 1. The van der Waals surface area contributed by atoms with Crippen LogP contribution in [0.15, 0.2) is 42.5 Å². The quantitative estimate of drug-likeness (QED) is 0.342. The molecule has 0 bridgehead atoms. The number of hydrogen-bond acceptors (Lipinski definition) is 6. The lowest BCUT2D eigenvalue weighted by Gasteiger charge is -2.33. The highest BCUT2D eigenvalue weighted by Crippen LogP contribution is 2.43. The van der Waals surface area contributed by atoms with Gasteiger partial charge in [0.15, 0.2) is 0 Å². The number of anilines is 1. The monoisotopic (exact) mass is 558 g/mol. The number of fused-ring (bicyclic) bond motifs is 1. The van der Waals surface area contributed by atoms with Crippen LogP contribution in [0.25, 0.3) is 22.2 Å². The van der Waals surface area contributed by atoms with Crippen molar-refractivity contribution in [2.45, 2.75) is 77.5 Å². The zero-order chi connectivity index (χ0) is 29.1. The zero-order valence-electron chi connectivity index (χ0n) is 24.2. The molecule has 2 fully saturated rings. The molecule has 2 amide bonds. The molecule has 1 aliphatic heterocycles. The van der Waals surface area contributed by atoms with Crippen LogP contribution >= 0.6 is 0 Å². The van der Waals surface area contributed by atoms with Gasteiger partial charge in [-0.25, -0.2) is 9.59 Å². The van der Waals surface area contributed by atoms with Crippen molar-refractivity contribution in [3.05, 3.63) is 48.0 Å². The first-order valence-electron chi connectivity index (χ1n) is 14.4. The summed E-state index contributed by atoms with van der Waals surface area (Å²) < 4.78 is 19.1. The van der Waals surface area contributed by atoms with Crippen molar-refractivity contribution < 1.29 is 23.8 Å². The molecule has 0 radical (unpaired) electrons. The molecule has 2 aromatic carbocycles. The lowest BCUT2D eigenvalue weighted by Crippen LogP contribution is -2.44. The molecule has 3 aromatic rings. The van der Waals surface area contributed by atoms with Crippen molar-refractivity contribution in [2.24, 2.45) is 0 Å². The number of ether oxygens (including phenoxy) is 3. The average molecular weight is 559 g/mol. The Hall–Kier alpha value is -4.19. The van der Waals surface area contributed by atoms with E-state index >= 15 is 0 Å². The van der Waals surface area contributed by atoms with Gasteiger partial charge in [0.2, 0.25) is 0 Å². The Morgan fingerprint density at radius 2 is 1.76 bits per heavy atom. The molecule has 2 aliphatic rings. The number of aromatic nitrogens is 1. The summed E-state index contributed by atoms with van der Waals surface area (Å²) in [6.45, 7) is 9.01. The summed E-state index contributed by atoms with van der Waals surface area (Å²) in [4.78, 5) is 26.6. The maximum atomic E-state index is 12.6. The standard InChI is InChI=1S/C32H38N4O5/c1-5-39-25-13-14-26-27(20-33)29(36(28(26)19-25)23-7-6-8-23)21-9-11-22(12-10-21)34-30(37)40-24-15-17-35(18-16-24)31(38)41-32(2,3)4/h9-14,19,23-24H,5-8,15-18H2,1-4H3,(H,34,37). The summed E-state index contributed by atoms with van der Waals surface area (Å²) in [5.74, 6) is 0.794. The molecule has 1 saturated heterocycles. The molecule has 1 N–H and O–H groups in total. The fourth-order valence-electron chi connectivity index (χ4n) is 5.46. The second-order valence-corrected chi connectivity index (χ2v) is 11.7. The van der Waals surface area contributed by atoms with Crippen molar-refractivity contribution >= 4 is 28.8 Å². The van der Waals surface area contributed by atoms with Gasteiger partial charge in [0.05, 0.1) is 23.4 Å². The lowest BCUT2D eigenvalue weighted by molar-refractivity contribution is 0.00794. The van der Waals surface area contributed by atoms with Crippen LogP contribution in [0.4, 0.5) is 15.3 Å². The van der Waals surface area contributed by atoms with Crippen LogP contribution in [-0.2, 0) is 9.47 Å². The first-order valence-corrected chi connectivity index (χ1v) is 14.4. The molecule has 41 heavy (non-hydrogen) atoms. The van der Waals surface area contributed by atoms with E-state index in [1.807, 2.05) is 70.2 Å². The van der Waals surface area contributed by atoms with E-state index in [2.05, 4.69) is 16.0 Å². The third kappa shape index (κ3) is 6.27. The van der Waals surface area contributed by atoms with E-state index in [-0.39, 0.29) is 12.2 Å². The van der Waals surface area contributed by atoms with Gasteiger partial charge in [0.1, 0.15) is 23.5 Å². The number of rotatable bonds is 6. The number of nitrogens with one attached hydrogen (secondary N) is 1. The number of nitriles is 1. The van der Waals surface area contributed by atoms with Gasteiger partial charge in [-0.1, -0.05) is 12.1 Å². The van der Waals surface area contributed by atoms with Crippen LogP contribution in [0.5, 0.6) is 5.75 Å². The number of likely N-dealkylation sites (tertiary alicyclic amines) is 1. The Kier molecular flexibility index (Phi) is 8.11. The van der Waals surface area contributed by atoms with E-state index in [1.165, 1.54) is 6.42 Å². The molecule has 0 unspecified atom stereocenters. The number of benzene rings is 2. The van der Waals surface area contributed by atoms with Gasteiger partial charge in [-0.15, -0.1) is 0 Å². The lowest BCUT2D eigenvalue weighted by atomic mass is 9.92. The summed E-state index contributed by atoms with van der Waals surface area (Å²) in [5.41, 5.74) is 3.52. The van der Waals surface area contributed by atoms with Gasteiger partial charge in [0, 0.05) is 49.1 Å². The minimum absolute atomic E-state index is 0.272. The highest BCUT2D eigenvalue weighted by molar-refractivity contribution is 5.96. The summed E-state index contributed by atoms with van der Waals surface area (Å²) >= 11 is 0. The number of carbonyl (C=O) groups is 2. The van der Waals surface area contributed by atoms with Gasteiger partial charge >= 0.3 is 12.2 Å². The van der Waals surface area contributed by atoms with E-state index in [4.69, 9.17) is 14.2 Å². The van der Waals surface area contributed by atoms with Gasteiger partial charge in [-0.05, 0) is 76.8 Å². The average Bonchev–Trinajstić information content (AvgIpc) is 3.21. The molecule has 5 rings (SSSR count). The summed E-state index contributed by atoms with van der Waals surface area (Å²) in [5, 5.41) is 13.9. The molecular formula is C32H38N4O5. The second kappa shape index (κ2) is 11.7. The van der Waals surface area contributed by atoms with Crippen LogP contribution in [0.3, 0.4) is 0 Å². The molecule has 1 aromatic heterocycles. The predicted octanol–water partition coefficient (Wildman–Crippen LogP) is 7.25. The third-order valence-electron chi connectivity index (χ3n) is 7.61. The largest absolute Gasteiger partial charge is 0.494 e. The highest BCUT2D eigenvalue weighted by atomic mass is 16.6. The Labute approximate surface area is 241 Å². The van der Waals surface area contributed by atoms with Crippen molar-refractivity contribution in [1.82, 2.24) is 9.47 Å². The van der Waals surface area contributed by atoms with Crippen LogP contribution in [0, 0.1) is 11.3 Å². The van der Waals surface area contributed by atoms with Gasteiger partial charge in [0.25, 0.3) is 0 Å². The van der Waals surface area contributed by atoms with Gasteiger partial charge < -0.3 is 23.7 Å². The first-order chi connectivity index (χ1) is 19.7. The first kappa shape index (κ1) is 28.3. The Bertz CT molecular complexity index is 1450. The van der Waals surface area contributed by atoms with E-state index in [9.17, 15) is 14.9 Å². The SMILES string of the molecule is CCOc1ccc2c(C#N)c(-c3ccc(NC(=O)OC4CCN(C(=O)OC(C)(C)C)CC4)cc3)n(C3CCC3)c2c1. The van der Waals surface area contributed by atoms with Crippen molar-refractivity contribution in [1.29, 1.82) is 5.26 Å². The summed E-state index contributed by atoms with van der Waals surface area (Å²) in [6.07, 6.45) is 3.28. The van der Waals surface area contributed by atoms with E-state index in [0.29, 0.717) is 49.8 Å². The van der Waals surface area contributed by atoms with Crippen molar-refractivity contribution in [3.63, 3.8) is 0 Å². The zero-order valence-corrected chi connectivity index (χ0v) is 24.2. The smallest absolute Gasteiger partial charge is 0.411 e. The topological polar surface area (TPSA) is 106 Å². The Morgan fingerprint density at radius 1 is 1.05 bits per heavy atom. The van der Waals surface area contributed by atoms with E-state index in [0.717, 1.165) is 40.8 Å². The molecule has 0 spiro atoms.